The third kappa shape index (κ3) is 3.66. The van der Waals surface area contributed by atoms with E-state index in [0.29, 0.717) is 13.0 Å². The average molecular weight is 390 g/mol. The summed E-state index contributed by atoms with van der Waals surface area (Å²) < 4.78 is 7.80. The van der Waals surface area contributed by atoms with Crippen molar-refractivity contribution in [2.24, 2.45) is 0 Å². The molecule has 0 N–H and O–H groups in total. The van der Waals surface area contributed by atoms with Crippen LogP contribution in [0.4, 0.5) is 5.69 Å². The van der Waals surface area contributed by atoms with Gasteiger partial charge in [0.25, 0.3) is 0 Å². The fraction of sp³-hybridized carbons (Fsp3) is 0.391. The standard InChI is InChI=1S/C23H26N4O2/c28-22-16-18(17-27(22)19-6-2-1-3-7-19)23-24-20-8-4-5-9-21(20)26(23)11-10-25-12-14-29-15-13-25/h1-9,18H,10-17H2/t18-/m0/s1. The molecular weight excluding hydrogens is 364 g/mol. The van der Waals surface area contributed by atoms with Gasteiger partial charge in [-0.3, -0.25) is 9.69 Å². The number of nitrogens with zero attached hydrogens (tertiary/aromatic N) is 4. The predicted molar refractivity (Wildman–Crippen MR) is 113 cm³/mol. The van der Waals surface area contributed by atoms with E-state index in [0.717, 1.165) is 61.9 Å². The number of benzene rings is 2. The van der Waals surface area contributed by atoms with Crippen LogP contribution in [0.15, 0.2) is 54.6 Å². The lowest BCUT2D eigenvalue weighted by molar-refractivity contribution is -0.117. The Labute approximate surface area is 170 Å². The summed E-state index contributed by atoms with van der Waals surface area (Å²) in [4.78, 5) is 22.1. The number of para-hydroxylation sites is 3. The van der Waals surface area contributed by atoms with Gasteiger partial charge in [0, 0.05) is 50.7 Å². The molecule has 2 aliphatic rings. The molecule has 6 nitrogen and oxygen atoms in total. The van der Waals surface area contributed by atoms with Crippen molar-refractivity contribution >= 4 is 22.6 Å². The molecule has 2 aromatic carbocycles. The highest BCUT2D eigenvalue weighted by Gasteiger charge is 2.34. The Balaban J connectivity index is 1.42. The summed E-state index contributed by atoms with van der Waals surface area (Å²) in [5.41, 5.74) is 3.13. The van der Waals surface area contributed by atoms with E-state index in [2.05, 4.69) is 27.7 Å². The topological polar surface area (TPSA) is 50.6 Å². The molecule has 0 spiro atoms. The zero-order valence-corrected chi connectivity index (χ0v) is 16.5. The molecule has 2 saturated heterocycles. The fourth-order valence-corrected chi connectivity index (χ4v) is 4.45. The first-order valence-electron chi connectivity index (χ1n) is 10.4. The largest absolute Gasteiger partial charge is 0.379 e. The van der Waals surface area contributed by atoms with Crippen LogP contribution in [0, 0.1) is 0 Å². The van der Waals surface area contributed by atoms with Gasteiger partial charge >= 0.3 is 0 Å². The van der Waals surface area contributed by atoms with E-state index in [1.807, 2.05) is 41.3 Å². The third-order valence-corrected chi connectivity index (χ3v) is 5.99. The zero-order chi connectivity index (χ0) is 19.6. The van der Waals surface area contributed by atoms with Gasteiger partial charge < -0.3 is 14.2 Å². The van der Waals surface area contributed by atoms with Crippen molar-refractivity contribution in [2.45, 2.75) is 18.9 Å². The molecule has 1 atom stereocenters. The number of fused-ring (bicyclic) bond motifs is 1. The number of carbonyl (C=O) groups is 1. The molecular formula is C23H26N4O2. The Morgan fingerprint density at radius 1 is 0.966 bits per heavy atom. The van der Waals surface area contributed by atoms with E-state index in [9.17, 15) is 4.79 Å². The fourth-order valence-electron chi connectivity index (χ4n) is 4.45. The summed E-state index contributed by atoms with van der Waals surface area (Å²) in [5.74, 6) is 1.32. The molecule has 1 aromatic heterocycles. The van der Waals surface area contributed by atoms with E-state index in [4.69, 9.17) is 9.72 Å². The molecule has 6 heteroatoms. The zero-order valence-electron chi connectivity index (χ0n) is 16.5. The summed E-state index contributed by atoms with van der Waals surface area (Å²) in [6, 6.07) is 18.2. The maximum atomic E-state index is 12.8. The lowest BCUT2D eigenvalue weighted by atomic mass is 10.1. The number of hydrogen-bond acceptors (Lipinski definition) is 4. The first-order chi connectivity index (χ1) is 14.3. The van der Waals surface area contributed by atoms with Crippen molar-refractivity contribution < 1.29 is 9.53 Å². The van der Waals surface area contributed by atoms with Crippen molar-refractivity contribution in [3.8, 4) is 0 Å². The lowest BCUT2D eigenvalue weighted by Crippen LogP contribution is -2.38. The molecule has 0 unspecified atom stereocenters. The number of anilines is 1. The second-order valence-electron chi connectivity index (χ2n) is 7.81. The Kier molecular flexibility index (Phi) is 5.04. The molecule has 5 rings (SSSR count). The van der Waals surface area contributed by atoms with Crippen LogP contribution in [0.5, 0.6) is 0 Å². The van der Waals surface area contributed by atoms with Crippen LogP contribution in [-0.4, -0.2) is 59.8 Å². The molecule has 3 heterocycles. The Bertz CT molecular complexity index is 995. The predicted octanol–water partition coefficient (Wildman–Crippen LogP) is 2.89. The number of rotatable bonds is 5. The van der Waals surface area contributed by atoms with Crippen LogP contribution in [0.25, 0.3) is 11.0 Å². The molecule has 3 aromatic rings. The van der Waals surface area contributed by atoms with E-state index in [1.165, 1.54) is 0 Å². The second-order valence-corrected chi connectivity index (χ2v) is 7.81. The molecule has 150 valence electrons. The number of carbonyl (C=O) groups excluding carboxylic acids is 1. The maximum Gasteiger partial charge on any atom is 0.227 e. The SMILES string of the molecule is O=C1C[C@H](c2nc3ccccc3n2CCN2CCOCC2)CN1c1ccccc1. The number of hydrogen-bond donors (Lipinski definition) is 0. The highest BCUT2D eigenvalue weighted by atomic mass is 16.5. The smallest absolute Gasteiger partial charge is 0.227 e. The van der Waals surface area contributed by atoms with Gasteiger partial charge in [0.2, 0.25) is 5.91 Å². The molecule has 2 aliphatic heterocycles. The van der Waals surface area contributed by atoms with Crippen LogP contribution in [0.3, 0.4) is 0 Å². The van der Waals surface area contributed by atoms with Crippen molar-refractivity contribution in [1.29, 1.82) is 0 Å². The quantitative estimate of drug-likeness (QED) is 0.672. The van der Waals surface area contributed by atoms with Gasteiger partial charge in [-0.2, -0.15) is 0 Å². The van der Waals surface area contributed by atoms with E-state index < -0.39 is 0 Å². The summed E-state index contributed by atoms with van der Waals surface area (Å²) in [6.45, 7) is 6.11. The number of morpholine rings is 1. The summed E-state index contributed by atoms with van der Waals surface area (Å²) >= 11 is 0. The monoisotopic (exact) mass is 390 g/mol. The molecule has 29 heavy (non-hydrogen) atoms. The number of amides is 1. The highest BCUT2D eigenvalue weighted by molar-refractivity contribution is 5.96. The van der Waals surface area contributed by atoms with Crippen molar-refractivity contribution in [3.05, 3.63) is 60.4 Å². The minimum Gasteiger partial charge on any atom is -0.379 e. The van der Waals surface area contributed by atoms with Gasteiger partial charge in [0.1, 0.15) is 5.82 Å². The molecule has 1 amide bonds. The maximum absolute atomic E-state index is 12.8. The van der Waals surface area contributed by atoms with Crippen LogP contribution >= 0.6 is 0 Å². The molecule has 0 saturated carbocycles. The summed E-state index contributed by atoms with van der Waals surface area (Å²) in [6.07, 6.45) is 0.510. The van der Waals surface area contributed by atoms with Gasteiger partial charge in [-0.1, -0.05) is 30.3 Å². The number of ether oxygens (including phenoxy) is 1. The minimum absolute atomic E-state index is 0.111. The Morgan fingerprint density at radius 3 is 2.55 bits per heavy atom. The summed E-state index contributed by atoms with van der Waals surface area (Å²) in [7, 11) is 0. The molecule has 0 radical (unpaired) electrons. The second kappa shape index (κ2) is 7.97. The number of aromatic nitrogens is 2. The van der Waals surface area contributed by atoms with Crippen LogP contribution in [-0.2, 0) is 16.1 Å². The molecule has 0 bridgehead atoms. The van der Waals surface area contributed by atoms with E-state index in [1.54, 1.807) is 0 Å². The molecule has 0 aliphatic carbocycles. The first-order valence-corrected chi connectivity index (χ1v) is 10.4. The van der Waals surface area contributed by atoms with Gasteiger partial charge in [0.15, 0.2) is 0 Å². The van der Waals surface area contributed by atoms with Gasteiger partial charge in [-0.05, 0) is 24.3 Å². The van der Waals surface area contributed by atoms with E-state index in [-0.39, 0.29) is 11.8 Å². The van der Waals surface area contributed by atoms with Gasteiger partial charge in [-0.15, -0.1) is 0 Å². The van der Waals surface area contributed by atoms with Crippen LogP contribution in [0.2, 0.25) is 0 Å². The first kappa shape index (κ1) is 18.3. The van der Waals surface area contributed by atoms with Gasteiger partial charge in [0.05, 0.1) is 24.2 Å². The normalized spacial score (nSPS) is 20.6. The average Bonchev–Trinajstić information content (AvgIpc) is 3.34. The summed E-state index contributed by atoms with van der Waals surface area (Å²) in [5, 5.41) is 0. The number of imidazole rings is 1. The van der Waals surface area contributed by atoms with Crippen molar-refractivity contribution in [3.63, 3.8) is 0 Å². The van der Waals surface area contributed by atoms with Crippen LogP contribution < -0.4 is 4.90 Å². The van der Waals surface area contributed by atoms with Crippen molar-refractivity contribution in [2.75, 3.05) is 44.3 Å². The molecule has 2 fully saturated rings. The third-order valence-electron chi connectivity index (χ3n) is 5.99. The lowest BCUT2D eigenvalue weighted by Gasteiger charge is -2.27. The Morgan fingerprint density at radius 2 is 1.72 bits per heavy atom. The Hall–Kier alpha value is -2.70. The van der Waals surface area contributed by atoms with Crippen molar-refractivity contribution in [1.82, 2.24) is 14.5 Å². The highest BCUT2D eigenvalue weighted by Crippen LogP contribution is 2.33. The van der Waals surface area contributed by atoms with Crippen LogP contribution in [0.1, 0.15) is 18.2 Å². The minimum atomic E-state index is 0.111. The van der Waals surface area contributed by atoms with E-state index >= 15 is 0 Å². The van der Waals surface area contributed by atoms with Gasteiger partial charge in [-0.25, -0.2) is 4.98 Å².